The van der Waals surface area contributed by atoms with E-state index < -0.39 is 0 Å². The molecule has 10 heteroatoms. The second-order valence-corrected chi connectivity index (χ2v) is 9.52. The average Bonchev–Trinajstić information content (AvgIpc) is 3.49. The zero-order valence-corrected chi connectivity index (χ0v) is 19.7. The predicted octanol–water partition coefficient (Wildman–Crippen LogP) is 2.21. The van der Waals surface area contributed by atoms with Crippen LogP contribution in [-0.4, -0.2) is 63.1 Å². The van der Waals surface area contributed by atoms with Gasteiger partial charge in [0.05, 0.1) is 11.9 Å². The van der Waals surface area contributed by atoms with Crippen molar-refractivity contribution in [3.63, 3.8) is 0 Å². The Bertz CT molecular complexity index is 1400. The number of nitrogens with one attached hydrogen (secondary N) is 1. The van der Waals surface area contributed by atoms with Crippen molar-refractivity contribution in [3.05, 3.63) is 47.0 Å². The number of anilines is 3. The van der Waals surface area contributed by atoms with Crippen molar-refractivity contribution in [2.75, 3.05) is 36.4 Å². The van der Waals surface area contributed by atoms with E-state index in [1.807, 2.05) is 31.6 Å². The Morgan fingerprint density at radius 1 is 0.971 bits per heavy atom. The van der Waals surface area contributed by atoms with Crippen molar-refractivity contribution < 1.29 is 0 Å². The van der Waals surface area contributed by atoms with Gasteiger partial charge in [-0.05, 0) is 31.0 Å². The Kier molecular flexibility index (Phi) is 5.25. The van der Waals surface area contributed by atoms with Crippen LogP contribution in [0.1, 0.15) is 31.7 Å². The molecule has 2 fully saturated rings. The van der Waals surface area contributed by atoms with Crippen LogP contribution in [0.5, 0.6) is 0 Å². The second-order valence-electron chi connectivity index (χ2n) is 9.52. The molecule has 174 valence electrons. The molecule has 0 bridgehead atoms. The minimum atomic E-state index is -0.00880. The lowest BCUT2D eigenvalue weighted by atomic mass is 10.2. The number of hydrogen-bond donors (Lipinski definition) is 1. The van der Waals surface area contributed by atoms with Gasteiger partial charge in [0.25, 0.3) is 5.56 Å². The Morgan fingerprint density at radius 2 is 1.76 bits per heavy atom. The second kappa shape index (κ2) is 8.43. The predicted molar refractivity (Wildman–Crippen MR) is 138 cm³/mol. The molecule has 0 unspecified atom stereocenters. The molecule has 0 amide bonds. The molecule has 1 aliphatic heterocycles. The molecule has 5 heterocycles. The van der Waals surface area contributed by atoms with E-state index in [4.69, 9.17) is 4.98 Å². The van der Waals surface area contributed by atoms with Crippen LogP contribution in [-0.2, 0) is 7.05 Å². The molecule has 4 aromatic heterocycles. The van der Waals surface area contributed by atoms with E-state index in [0.717, 1.165) is 66.8 Å². The lowest BCUT2D eigenvalue weighted by Crippen LogP contribution is -2.45. The van der Waals surface area contributed by atoms with Crippen molar-refractivity contribution in [1.82, 2.24) is 28.9 Å². The van der Waals surface area contributed by atoms with Crippen molar-refractivity contribution in [3.8, 4) is 0 Å². The minimum Gasteiger partial charge on any atom is -0.368 e. The fourth-order valence-corrected chi connectivity index (χ4v) is 5.37. The third-order valence-electron chi connectivity index (χ3n) is 7.34. The highest BCUT2D eigenvalue weighted by atomic mass is 16.1. The number of piperazine rings is 1. The van der Waals surface area contributed by atoms with Crippen LogP contribution in [0.2, 0.25) is 0 Å². The van der Waals surface area contributed by atoms with Crippen LogP contribution in [0.25, 0.3) is 22.1 Å². The van der Waals surface area contributed by atoms with Gasteiger partial charge < -0.3 is 19.6 Å². The van der Waals surface area contributed by atoms with Crippen molar-refractivity contribution in [1.29, 1.82) is 0 Å². The maximum absolute atomic E-state index is 12.4. The first kappa shape index (κ1) is 21.2. The van der Waals surface area contributed by atoms with Crippen LogP contribution >= 0.6 is 0 Å². The Morgan fingerprint density at radius 3 is 2.50 bits per heavy atom. The normalized spacial score (nSPS) is 17.7. The number of fused-ring (bicyclic) bond motifs is 3. The lowest BCUT2D eigenvalue weighted by Gasteiger charge is -2.34. The molecule has 4 aromatic rings. The standard InChI is InChI=1S/C24H29BN8O/c1-30-21(34)9-7-18-19-15-27-24(29-22(19)33(23(18)30)16-4-2-3-5-16)28-20-8-6-17(14-26-20)31-10-12-32(25)13-11-31/h6-9,14-16H,2-5,10-13,25H2,1H3,(H,26,27,28,29). The van der Waals surface area contributed by atoms with Gasteiger partial charge in [0, 0.05) is 62.3 Å². The molecule has 6 rings (SSSR count). The molecule has 2 aliphatic rings. The zero-order chi connectivity index (χ0) is 23.2. The highest BCUT2D eigenvalue weighted by Crippen LogP contribution is 2.37. The van der Waals surface area contributed by atoms with Gasteiger partial charge in [-0.25, -0.2) is 9.97 Å². The van der Waals surface area contributed by atoms with E-state index in [1.165, 1.54) is 12.8 Å². The monoisotopic (exact) mass is 456 g/mol. The summed E-state index contributed by atoms with van der Waals surface area (Å²) < 4.78 is 4.00. The van der Waals surface area contributed by atoms with E-state index in [2.05, 4.69) is 43.6 Å². The topological polar surface area (TPSA) is 84.1 Å². The summed E-state index contributed by atoms with van der Waals surface area (Å²) in [6.45, 7) is 4.15. The van der Waals surface area contributed by atoms with Crippen LogP contribution in [0.15, 0.2) is 41.5 Å². The fourth-order valence-electron chi connectivity index (χ4n) is 5.37. The van der Waals surface area contributed by atoms with Gasteiger partial charge in [-0.2, -0.15) is 4.98 Å². The number of aromatic nitrogens is 5. The first-order valence-corrected chi connectivity index (χ1v) is 12.1. The molecule has 1 aliphatic carbocycles. The van der Waals surface area contributed by atoms with Gasteiger partial charge in [0.2, 0.25) is 5.95 Å². The van der Waals surface area contributed by atoms with E-state index in [9.17, 15) is 4.79 Å². The molecule has 1 saturated heterocycles. The Balaban J connectivity index is 1.35. The molecule has 1 saturated carbocycles. The molecule has 0 radical (unpaired) electrons. The first-order chi connectivity index (χ1) is 16.6. The van der Waals surface area contributed by atoms with Crippen molar-refractivity contribution in [2.24, 2.45) is 7.05 Å². The van der Waals surface area contributed by atoms with E-state index in [-0.39, 0.29) is 5.56 Å². The van der Waals surface area contributed by atoms with Gasteiger partial charge in [0.1, 0.15) is 17.1 Å². The molecule has 0 spiro atoms. The van der Waals surface area contributed by atoms with Gasteiger partial charge in [0.15, 0.2) is 7.98 Å². The summed E-state index contributed by atoms with van der Waals surface area (Å²) in [5, 5.41) is 5.27. The number of pyridine rings is 2. The van der Waals surface area contributed by atoms with Gasteiger partial charge in [-0.3, -0.25) is 9.36 Å². The van der Waals surface area contributed by atoms with Gasteiger partial charge >= 0.3 is 0 Å². The summed E-state index contributed by atoms with van der Waals surface area (Å²) in [5.41, 5.74) is 2.92. The van der Waals surface area contributed by atoms with Crippen LogP contribution in [0.3, 0.4) is 0 Å². The van der Waals surface area contributed by atoms with E-state index >= 15 is 0 Å². The number of aryl methyl sites for hydroxylation is 1. The van der Waals surface area contributed by atoms with E-state index in [0.29, 0.717) is 17.8 Å². The zero-order valence-electron chi connectivity index (χ0n) is 19.7. The molecule has 0 aromatic carbocycles. The van der Waals surface area contributed by atoms with Gasteiger partial charge in [-0.15, -0.1) is 0 Å². The number of nitrogens with zero attached hydrogens (tertiary/aromatic N) is 7. The summed E-state index contributed by atoms with van der Waals surface area (Å²) in [7, 11) is 4.00. The number of rotatable bonds is 4. The molecule has 9 nitrogen and oxygen atoms in total. The molecular weight excluding hydrogens is 427 g/mol. The summed E-state index contributed by atoms with van der Waals surface area (Å²) in [5.74, 6) is 1.23. The smallest absolute Gasteiger partial charge is 0.251 e. The maximum Gasteiger partial charge on any atom is 0.251 e. The lowest BCUT2D eigenvalue weighted by molar-refractivity contribution is 0.415. The third kappa shape index (κ3) is 3.62. The highest BCUT2D eigenvalue weighted by Gasteiger charge is 2.25. The summed E-state index contributed by atoms with van der Waals surface area (Å²) >= 11 is 0. The quantitative estimate of drug-likeness (QED) is 0.472. The molecule has 34 heavy (non-hydrogen) atoms. The SMILES string of the molecule is BN1CCN(c2ccc(Nc3ncc4c5ccc(=O)n(C)c5n(C5CCCC5)c4n3)nc2)CC1. The number of hydrogen-bond acceptors (Lipinski definition) is 7. The minimum absolute atomic E-state index is 0.00880. The molecule has 0 atom stereocenters. The Hall–Kier alpha value is -3.40. The maximum atomic E-state index is 12.4. The van der Waals surface area contributed by atoms with Crippen LogP contribution < -0.4 is 15.8 Å². The highest BCUT2D eigenvalue weighted by molar-refractivity contribution is 6.05. The molecular formula is C24H29BN8O. The first-order valence-electron chi connectivity index (χ1n) is 12.1. The van der Waals surface area contributed by atoms with Gasteiger partial charge in [-0.1, -0.05) is 12.8 Å². The van der Waals surface area contributed by atoms with Crippen LogP contribution in [0.4, 0.5) is 17.5 Å². The van der Waals surface area contributed by atoms with Crippen molar-refractivity contribution >= 4 is 47.5 Å². The molecule has 1 N–H and O–H groups in total. The average molecular weight is 456 g/mol. The largest absolute Gasteiger partial charge is 0.368 e. The van der Waals surface area contributed by atoms with Crippen molar-refractivity contribution in [2.45, 2.75) is 31.7 Å². The van der Waals surface area contributed by atoms with Crippen LogP contribution in [0, 0.1) is 0 Å². The summed E-state index contributed by atoms with van der Waals surface area (Å²) in [6, 6.07) is 7.96. The third-order valence-corrected chi connectivity index (χ3v) is 7.34. The Labute approximate surface area is 198 Å². The summed E-state index contributed by atoms with van der Waals surface area (Å²) in [6.07, 6.45) is 8.38. The fraction of sp³-hybridized carbons (Fsp3) is 0.417. The van der Waals surface area contributed by atoms with E-state index in [1.54, 1.807) is 10.6 Å². The summed E-state index contributed by atoms with van der Waals surface area (Å²) in [4.78, 5) is 31.3.